The fraction of sp³-hybridized carbons (Fsp3) is 0.862. The molecule has 0 aliphatic carbocycles. The molecule has 0 aromatic heterocycles. The Hall–Kier alpha value is -1.92. The average Bonchev–Trinajstić information content (AvgIpc) is 3.29. The van der Waals surface area contributed by atoms with Crippen LogP contribution in [0.15, 0.2) is 36.5 Å². The maximum Gasteiger partial charge on any atom is 0.305 e. The van der Waals surface area contributed by atoms with Crippen LogP contribution in [0.5, 0.6) is 0 Å². The highest BCUT2D eigenvalue weighted by molar-refractivity contribution is 5.76. The van der Waals surface area contributed by atoms with E-state index in [9.17, 15) is 19.8 Å². The number of aliphatic hydroxyl groups is 2. The summed E-state index contributed by atoms with van der Waals surface area (Å²) in [6.45, 7) is 4.85. The number of allylic oxidation sites excluding steroid dienone is 5. The largest absolute Gasteiger partial charge is 0.466 e. The summed E-state index contributed by atoms with van der Waals surface area (Å²) in [6.07, 6.45) is 65.9. The van der Waals surface area contributed by atoms with Crippen molar-refractivity contribution in [2.24, 2.45) is 0 Å². The van der Waals surface area contributed by atoms with E-state index in [1.54, 1.807) is 6.08 Å². The fourth-order valence-corrected chi connectivity index (χ4v) is 8.49. The number of unbranched alkanes of at least 4 members (excludes halogenated alkanes) is 37. The van der Waals surface area contributed by atoms with Crippen molar-refractivity contribution in [1.29, 1.82) is 0 Å². The van der Waals surface area contributed by atoms with Crippen molar-refractivity contribution in [3.05, 3.63) is 36.5 Å². The third-order valence-corrected chi connectivity index (χ3v) is 12.9. The number of carbonyl (C=O) groups is 2. The van der Waals surface area contributed by atoms with Crippen molar-refractivity contribution in [2.75, 3.05) is 13.2 Å². The maximum absolute atomic E-state index is 12.5. The third-order valence-electron chi connectivity index (χ3n) is 12.9. The molecule has 0 rings (SSSR count). The summed E-state index contributed by atoms with van der Waals surface area (Å²) in [6, 6.07) is -0.638. The second-order valence-electron chi connectivity index (χ2n) is 19.3. The Labute approximate surface area is 398 Å². The molecule has 0 spiro atoms. The van der Waals surface area contributed by atoms with E-state index >= 15 is 0 Å². The molecule has 6 nitrogen and oxygen atoms in total. The lowest BCUT2D eigenvalue weighted by Crippen LogP contribution is -2.45. The molecule has 2 atom stereocenters. The minimum atomic E-state index is -0.854. The molecule has 0 heterocycles. The molecule has 0 bridgehead atoms. The van der Waals surface area contributed by atoms with Crippen molar-refractivity contribution in [2.45, 2.75) is 309 Å². The summed E-state index contributed by atoms with van der Waals surface area (Å²) in [4.78, 5) is 24.4. The smallest absolute Gasteiger partial charge is 0.305 e. The lowest BCUT2D eigenvalue weighted by atomic mass is 10.0. The van der Waals surface area contributed by atoms with E-state index in [1.807, 2.05) is 6.08 Å². The zero-order chi connectivity index (χ0) is 46.5. The van der Waals surface area contributed by atoms with Gasteiger partial charge in [-0.15, -0.1) is 0 Å². The summed E-state index contributed by atoms with van der Waals surface area (Å²) in [5.74, 6) is -0.0907. The van der Waals surface area contributed by atoms with Crippen LogP contribution in [0.2, 0.25) is 0 Å². The number of rotatable bonds is 52. The summed E-state index contributed by atoms with van der Waals surface area (Å²) in [5, 5.41) is 23.1. The summed E-state index contributed by atoms with van der Waals surface area (Å²) in [7, 11) is 0. The van der Waals surface area contributed by atoms with E-state index in [1.165, 1.54) is 205 Å². The predicted molar refractivity (Wildman–Crippen MR) is 278 cm³/mol. The number of amides is 1. The van der Waals surface area contributed by atoms with Crippen molar-refractivity contribution < 1.29 is 24.5 Å². The van der Waals surface area contributed by atoms with Crippen molar-refractivity contribution in [3.63, 3.8) is 0 Å². The van der Waals surface area contributed by atoms with Gasteiger partial charge in [-0.1, -0.05) is 243 Å². The molecule has 6 heteroatoms. The zero-order valence-electron chi connectivity index (χ0n) is 42.8. The van der Waals surface area contributed by atoms with Crippen LogP contribution in [-0.2, 0) is 14.3 Å². The molecule has 0 aliphatic heterocycles. The first-order valence-corrected chi connectivity index (χ1v) is 28.3. The van der Waals surface area contributed by atoms with Gasteiger partial charge in [-0.05, 0) is 77.0 Å². The normalized spacial score (nSPS) is 12.9. The molecule has 0 saturated carbocycles. The Bertz CT molecular complexity index is 1040. The molecule has 0 aromatic carbocycles. The number of esters is 1. The molecule has 0 fully saturated rings. The summed E-state index contributed by atoms with van der Waals surface area (Å²) in [5.41, 5.74) is 0. The van der Waals surface area contributed by atoms with Crippen LogP contribution in [0.3, 0.4) is 0 Å². The molecule has 3 N–H and O–H groups in total. The van der Waals surface area contributed by atoms with Crippen LogP contribution in [0, 0.1) is 0 Å². The lowest BCUT2D eigenvalue weighted by molar-refractivity contribution is -0.143. The van der Waals surface area contributed by atoms with E-state index in [0.29, 0.717) is 19.4 Å². The van der Waals surface area contributed by atoms with E-state index in [2.05, 4.69) is 43.5 Å². The number of aliphatic hydroxyl groups excluding tert-OH is 2. The lowest BCUT2D eigenvalue weighted by Gasteiger charge is -2.20. The zero-order valence-corrected chi connectivity index (χ0v) is 42.8. The first-order chi connectivity index (χ1) is 31.5. The van der Waals surface area contributed by atoms with E-state index in [0.717, 1.165) is 64.2 Å². The Morgan fingerprint density at radius 3 is 1.16 bits per heavy atom. The van der Waals surface area contributed by atoms with Gasteiger partial charge >= 0.3 is 5.97 Å². The van der Waals surface area contributed by atoms with Crippen molar-refractivity contribution >= 4 is 11.9 Å². The number of hydrogen-bond acceptors (Lipinski definition) is 5. The second-order valence-corrected chi connectivity index (χ2v) is 19.3. The molecule has 2 unspecified atom stereocenters. The van der Waals surface area contributed by atoms with Gasteiger partial charge in [0.1, 0.15) is 0 Å². The van der Waals surface area contributed by atoms with Crippen LogP contribution in [0.1, 0.15) is 296 Å². The average molecular weight is 901 g/mol. The number of ether oxygens (including phenoxy) is 1. The van der Waals surface area contributed by atoms with Gasteiger partial charge < -0.3 is 20.3 Å². The molecular weight excluding hydrogens is 791 g/mol. The standard InChI is InChI=1S/C58H109NO5/c1-3-5-7-9-11-13-15-16-17-18-21-24-27-31-34-38-42-46-50-56(61)55(54-60)59-57(62)51-47-43-39-35-32-28-25-22-19-20-23-26-29-33-37-41-45-49-53-64-58(63)52-48-44-40-36-30-14-12-10-8-6-4-2/h10,12,22,25,46,50,55-56,60-61H,3-9,11,13-21,23-24,26-45,47-49,51-54H2,1-2H3,(H,59,62)/b12-10-,25-22-,50-46+. The fourth-order valence-electron chi connectivity index (χ4n) is 8.49. The van der Waals surface area contributed by atoms with Crippen molar-refractivity contribution in [3.8, 4) is 0 Å². The van der Waals surface area contributed by atoms with Gasteiger partial charge in [-0.2, -0.15) is 0 Å². The summed E-state index contributed by atoms with van der Waals surface area (Å²) >= 11 is 0. The molecular formula is C58H109NO5. The number of carbonyl (C=O) groups excluding carboxylic acids is 2. The van der Waals surface area contributed by atoms with Gasteiger partial charge in [0.05, 0.1) is 25.4 Å². The first-order valence-electron chi connectivity index (χ1n) is 28.3. The number of hydrogen-bond donors (Lipinski definition) is 3. The minimum absolute atomic E-state index is 0.00926. The van der Waals surface area contributed by atoms with Gasteiger partial charge in [0, 0.05) is 12.8 Å². The van der Waals surface area contributed by atoms with Gasteiger partial charge in [-0.25, -0.2) is 0 Å². The van der Waals surface area contributed by atoms with E-state index in [-0.39, 0.29) is 18.5 Å². The highest BCUT2D eigenvalue weighted by Gasteiger charge is 2.18. The first kappa shape index (κ1) is 62.1. The van der Waals surface area contributed by atoms with Crippen LogP contribution < -0.4 is 5.32 Å². The van der Waals surface area contributed by atoms with Crippen LogP contribution in [0.25, 0.3) is 0 Å². The SMILES string of the molecule is CCCC/C=C\CCCCCCCC(=O)OCCCCCCCCCCC/C=C\CCCCCCCC(=O)NC(CO)C(O)/C=C/CCCCCCCCCCCCCCCCCC. The monoisotopic (exact) mass is 900 g/mol. The van der Waals surface area contributed by atoms with Gasteiger partial charge in [0.25, 0.3) is 0 Å². The van der Waals surface area contributed by atoms with E-state index in [4.69, 9.17) is 4.74 Å². The maximum atomic E-state index is 12.5. The summed E-state index contributed by atoms with van der Waals surface area (Å²) < 4.78 is 5.45. The highest BCUT2D eigenvalue weighted by Crippen LogP contribution is 2.16. The third kappa shape index (κ3) is 49.5. The molecule has 0 aromatic rings. The quantitative estimate of drug-likeness (QED) is 0.0321. The molecule has 0 radical (unpaired) electrons. The van der Waals surface area contributed by atoms with Crippen molar-refractivity contribution in [1.82, 2.24) is 5.32 Å². The van der Waals surface area contributed by atoms with Gasteiger partial charge in [0.15, 0.2) is 0 Å². The van der Waals surface area contributed by atoms with E-state index < -0.39 is 12.1 Å². The Kier molecular flexibility index (Phi) is 52.1. The molecule has 0 saturated heterocycles. The highest BCUT2D eigenvalue weighted by atomic mass is 16.5. The topological polar surface area (TPSA) is 95.9 Å². The number of nitrogens with one attached hydrogen (secondary N) is 1. The molecule has 1 amide bonds. The minimum Gasteiger partial charge on any atom is -0.466 e. The van der Waals surface area contributed by atoms with Crippen LogP contribution >= 0.6 is 0 Å². The van der Waals surface area contributed by atoms with Crippen LogP contribution in [0.4, 0.5) is 0 Å². The Morgan fingerprint density at radius 2 is 0.750 bits per heavy atom. The van der Waals surface area contributed by atoms with Gasteiger partial charge in [-0.3, -0.25) is 9.59 Å². The van der Waals surface area contributed by atoms with Gasteiger partial charge in [0.2, 0.25) is 5.91 Å². The second kappa shape index (κ2) is 53.7. The molecule has 0 aliphatic rings. The molecule has 376 valence electrons. The Balaban J connectivity index is 3.50. The predicted octanol–water partition coefficient (Wildman–Crippen LogP) is 17.2. The molecule has 64 heavy (non-hydrogen) atoms. The Morgan fingerprint density at radius 1 is 0.422 bits per heavy atom. The van der Waals surface area contributed by atoms with Crippen LogP contribution in [-0.4, -0.2) is 47.4 Å².